The summed E-state index contributed by atoms with van der Waals surface area (Å²) in [5.74, 6) is 0.815. The first-order valence-electron chi connectivity index (χ1n) is 5.44. The van der Waals surface area contributed by atoms with Crippen LogP contribution in [0, 0.1) is 11.3 Å². The van der Waals surface area contributed by atoms with E-state index in [9.17, 15) is 0 Å². The molecule has 90 valence electrons. The van der Waals surface area contributed by atoms with E-state index in [-0.39, 0.29) is 0 Å². The second kappa shape index (κ2) is 6.18. The van der Waals surface area contributed by atoms with Crippen molar-refractivity contribution in [2.45, 2.75) is 11.9 Å². The molecule has 0 aliphatic heterocycles. The molecule has 0 amide bonds. The molecule has 2 aromatic rings. The Morgan fingerprint density at radius 3 is 2.61 bits per heavy atom. The van der Waals surface area contributed by atoms with E-state index >= 15 is 0 Å². The molecule has 0 aliphatic carbocycles. The Kier molecular flexibility index (Phi) is 4.32. The SMILES string of the molecule is N#Cc1cc(COc2ccc(CBr)cc2)ccn1. The minimum absolute atomic E-state index is 0.408. The zero-order valence-electron chi connectivity index (χ0n) is 9.64. The molecular formula is C14H11BrN2O. The molecule has 0 aliphatic rings. The van der Waals surface area contributed by atoms with Crippen LogP contribution in [-0.4, -0.2) is 4.98 Å². The minimum atomic E-state index is 0.408. The fourth-order valence-electron chi connectivity index (χ4n) is 1.47. The van der Waals surface area contributed by atoms with Crippen molar-refractivity contribution in [2.24, 2.45) is 0 Å². The van der Waals surface area contributed by atoms with Gasteiger partial charge < -0.3 is 4.74 Å². The summed E-state index contributed by atoms with van der Waals surface area (Å²) in [6.07, 6.45) is 1.62. The molecule has 1 heterocycles. The molecule has 0 saturated carbocycles. The van der Waals surface area contributed by atoms with Crippen LogP contribution in [0.2, 0.25) is 0 Å². The Morgan fingerprint density at radius 2 is 1.94 bits per heavy atom. The maximum absolute atomic E-state index is 8.75. The van der Waals surface area contributed by atoms with E-state index in [0.29, 0.717) is 12.3 Å². The fourth-order valence-corrected chi connectivity index (χ4v) is 1.84. The van der Waals surface area contributed by atoms with Crippen molar-refractivity contribution < 1.29 is 4.74 Å². The summed E-state index contributed by atoms with van der Waals surface area (Å²) in [5.41, 5.74) is 2.55. The fraction of sp³-hybridized carbons (Fsp3) is 0.143. The van der Waals surface area contributed by atoms with Crippen LogP contribution in [-0.2, 0) is 11.9 Å². The van der Waals surface area contributed by atoms with Gasteiger partial charge >= 0.3 is 0 Å². The van der Waals surface area contributed by atoms with E-state index < -0.39 is 0 Å². The first-order valence-corrected chi connectivity index (χ1v) is 6.56. The van der Waals surface area contributed by atoms with Crippen molar-refractivity contribution in [1.82, 2.24) is 4.98 Å². The molecule has 0 N–H and O–H groups in total. The highest BCUT2D eigenvalue weighted by Crippen LogP contribution is 2.15. The number of aromatic nitrogens is 1. The number of alkyl halides is 1. The van der Waals surface area contributed by atoms with Gasteiger partial charge in [-0.3, -0.25) is 0 Å². The summed E-state index contributed by atoms with van der Waals surface area (Å²) in [6.45, 7) is 0.435. The lowest BCUT2D eigenvalue weighted by atomic mass is 10.2. The number of rotatable bonds is 4. The van der Waals surface area contributed by atoms with E-state index in [4.69, 9.17) is 10.00 Å². The Bertz CT molecular complexity index is 561. The molecule has 0 atom stereocenters. The Balaban J connectivity index is 2.00. The summed E-state index contributed by atoms with van der Waals surface area (Å²) in [5, 5.41) is 9.58. The molecular weight excluding hydrogens is 292 g/mol. The van der Waals surface area contributed by atoms with Crippen LogP contribution in [0.1, 0.15) is 16.8 Å². The van der Waals surface area contributed by atoms with Gasteiger partial charge in [-0.15, -0.1) is 0 Å². The van der Waals surface area contributed by atoms with Gasteiger partial charge in [-0.2, -0.15) is 5.26 Å². The van der Waals surface area contributed by atoms with Gasteiger partial charge in [0, 0.05) is 11.5 Å². The highest BCUT2D eigenvalue weighted by molar-refractivity contribution is 9.08. The maximum atomic E-state index is 8.75. The molecule has 0 unspecified atom stereocenters. The number of halogens is 1. The molecule has 1 aromatic heterocycles. The maximum Gasteiger partial charge on any atom is 0.140 e. The van der Waals surface area contributed by atoms with E-state index in [1.165, 1.54) is 5.56 Å². The smallest absolute Gasteiger partial charge is 0.140 e. The van der Waals surface area contributed by atoms with Gasteiger partial charge in [0.25, 0.3) is 0 Å². The van der Waals surface area contributed by atoms with E-state index in [0.717, 1.165) is 16.6 Å². The number of hydrogen-bond donors (Lipinski definition) is 0. The van der Waals surface area contributed by atoms with Crippen LogP contribution in [0.15, 0.2) is 42.6 Å². The lowest BCUT2D eigenvalue weighted by Crippen LogP contribution is -1.96. The molecule has 4 heteroatoms. The second-order valence-corrected chi connectivity index (χ2v) is 4.29. The van der Waals surface area contributed by atoms with E-state index in [1.54, 1.807) is 12.3 Å². The second-order valence-electron chi connectivity index (χ2n) is 3.73. The normalized spacial score (nSPS) is 9.78. The number of ether oxygens (including phenoxy) is 1. The number of pyridine rings is 1. The van der Waals surface area contributed by atoms with Crippen molar-refractivity contribution in [2.75, 3.05) is 0 Å². The average molecular weight is 303 g/mol. The van der Waals surface area contributed by atoms with Crippen molar-refractivity contribution in [3.8, 4) is 11.8 Å². The van der Waals surface area contributed by atoms with Crippen LogP contribution in [0.5, 0.6) is 5.75 Å². The molecule has 0 fully saturated rings. The molecule has 0 spiro atoms. The summed E-state index contributed by atoms with van der Waals surface area (Å²) in [6, 6.07) is 13.5. The minimum Gasteiger partial charge on any atom is -0.489 e. The summed E-state index contributed by atoms with van der Waals surface area (Å²) in [7, 11) is 0. The predicted molar refractivity (Wildman–Crippen MR) is 72.4 cm³/mol. The van der Waals surface area contributed by atoms with Crippen LogP contribution in [0.3, 0.4) is 0 Å². The lowest BCUT2D eigenvalue weighted by Gasteiger charge is -2.06. The standard InChI is InChI=1S/C14H11BrN2O/c15-8-11-1-3-14(4-2-11)18-10-12-5-6-17-13(7-12)9-16/h1-7H,8,10H2. The van der Waals surface area contributed by atoms with Crippen LogP contribution in [0.25, 0.3) is 0 Å². The van der Waals surface area contributed by atoms with Gasteiger partial charge in [-0.25, -0.2) is 4.98 Å². The average Bonchev–Trinajstić information content (AvgIpc) is 2.46. The number of benzene rings is 1. The quantitative estimate of drug-likeness (QED) is 0.813. The third-order valence-electron chi connectivity index (χ3n) is 2.42. The number of hydrogen-bond acceptors (Lipinski definition) is 3. The molecule has 1 aromatic carbocycles. The summed E-state index contributed by atoms with van der Waals surface area (Å²) < 4.78 is 5.64. The zero-order valence-corrected chi connectivity index (χ0v) is 11.2. The van der Waals surface area contributed by atoms with Crippen molar-refractivity contribution in [1.29, 1.82) is 5.26 Å². The molecule has 0 saturated heterocycles. The highest BCUT2D eigenvalue weighted by atomic mass is 79.9. The highest BCUT2D eigenvalue weighted by Gasteiger charge is 1.99. The third-order valence-corrected chi connectivity index (χ3v) is 3.07. The monoisotopic (exact) mass is 302 g/mol. The summed E-state index contributed by atoms with van der Waals surface area (Å²) >= 11 is 3.40. The van der Waals surface area contributed by atoms with Gasteiger partial charge in [-0.1, -0.05) is 28.1 Å². The topological polar surface area (TPSA) is 45.9 Å². The van der Waals surface area contributed by atoms with Gasteiger partial charge in [0.15, 0.2) is 0 Å². The van der Waals surface area contributed by atoms with Gasteiger partial charge in [-0.05, 0) is 35.4 Å². The van der Waals surface area contributed by atoms with Crippen LogP contribution in [0.4, 0.5) is 0 Å². The number of nitrogens with zero attached hydrogens (tertiary/aromatic N) is 2. The Morgan fingerprint density at radius 1 is 1.17 bits per heavy atom. The predicted octanol–water partition coefficient (Wildman–Crippen LogP) is 3.43. The number of nitriles is 1. The Labute approximate surface area is 114 Å². The van der Waals surface area contributed by atoms with Gasteiger partial charge in [0.1, 0.15) is 24.1 Å². The van der Waals surface area contributed by atoms with Crippen molar-refractivity contribution >= 4 is 15.9 Å². The zero-order chi connectivity index (χ0) is 12.8. The molecule has 0 radical (unpaired) electrons. The lowest BCUT2D eigenvalue weighted by molar-refractivity contribution is 0.306. The van der Waals surface area contributed by atoms with Crippen molar-refractivity contribution in [3.63, 3.8) is 0 Å². The first-order chi connectivity index (χ1) is 8.81. The van der Waals surface area contributed by atoms with Gasteiger partial charge in [0.2, 0.25) is 0 Å². The van der Waals surface area contributed by atoms with Crippen LogP contribution >= 0.6 is 15.9 Å². The van der Waals surface area contributed by atoms with Gasteiger partial charge in [0.05, 0.1) is 0 Å². The molecule has 18 heavy (non-hydrogen) atoms. The largest absolute Gasteiger partial charge is 0.489 e. The van der Waals surface area contributed by atoms with E-state index in [2.05, 4.69) is 20.9 Å². The Hall–Kier alpha value is -1.86. The van der Waals surface area contributed by atoms with E-state index in [1.807, 2.05) is 36.4 Å². The first kappa shape index (κ1) is 12.6. The molecule has 0 bridgehead atoms. The molecule has 2 rings (SSSR count). The molecule has 3 nitrogen and oxygen atoms in total. The van der Waals surface area contributed by atoms with Crippen LogP contribution < -0.4 is 4.74 Å². The van der Waals surface area contributed by atoms with Crippen molar-refractivity contribution in [3.05, 3.63) is 59.4 Å². The summed E-state index contributed by atoms with van der Waals surface area (Å²) in [4.78, 5) is 3.91. The third kappa shape index (κ3) is 3.31.